The van der Waals surface area contributed by atoms with Gasteiger partial charge in [-0.25, -0.2) is 0 Å². The molecule has 4 rings (SSSR count). The first kappa shape index (κ1) is 21.1. The first-order valence-electron chi connectivity index (χ1n) is 10.4. The van der Waals surface area contributed by atoms with Gasteiger partial charge < -0.3 is 19.2 Å². The van der Waals surface area contributed by atoms with Crippen LogP contribution in [0.25, 0.3) is 11.5 Å². The highest BCUT2D eigenvalue weighted by molar-refractivity contribution is 5.92. The van der Waals surface area contributed by atoms with Crippen molar-refractivity contribution >= 4 is 11.6 Å². The fourth-order valence-corrected chi connectivity index (χ4v) is 3.04. The zero-order valence-electron chi connectivity index (χ0n) is 17.7. The number of carbonyl (C=O) groups is 1. The lowest BCUT2D eigenvalue weighted by molar-refractivity contribution is -0.116. The van der Waals surface area contributed by atoms with Crippen molar-refractivity contribution < 1.29 is 18.7 Å². The number of aromatic nitrogens is 2. The van der Waals surface area contributed by atoms with E-state index in [9.17, 15) is 4.79 Å². The van der Waals surface area contributed by atoms with Crippen molar-refractivity contribution in [2.75, 3.05) is 11.9 Å². The SMILES string of the molecule is CCOc1ccc(Oc2ccccc2NC(=O)CCc2nnc(-c3ccccc3)o2)cc1. The number of amides is 1. The average molecular weight is 429 g/mol. The summed E-state index contributed by atoms with van der Waals surface area (Å²) in [6, 6.07) is 24.1. The number of carbonyl (C=O) groups excluding carboxylic acids is 1. The standard InChI is InChI=1S/C25H23N3O4/c1-2-30-19-12-14-20(15-13-19)31-22-11-7-6-10-21(22)26-23(29)16-17-24-27-28-25(32-24)18-8-4-3-5-9-18/h3-15H,2,16-17H2,1H3,(H,26,29). The van der Waals surface area contributed by atoms with Gasteiger partial charge in [0.05, 0.1) is 12.3 Å². The number of anilines is 1. The fraction of sp³-hybridized carbons (Fsp3) is 0.160. The quantitative estimate of drug-likeness (QED) is 0.378. The van der Waals surface area contributed by atoms with Gasteiger partial charge in [-0.05, 0) is 55.5 Å². The van der Waals surface area contributed by atoms with Gasteiger partial charge in [-0.15, -0.1) is 10.2 Å². The third-order valence-electron chi connectivity index (χ3n) is 4.58. The molecule has 4 aromatic rings. The molecule has 0 aliphatic heterocycles. The molecule has 1 amide bonds. The first-order valence-corrected chi connectivity index (χ1v) is 10.4. The number of ether oxygens (including phenoxy) is 2. The number of para-hydroxylation sites is 2. The Morgan fingerprint density at radius 3 is 2.41 bits per heavy atom. The Morgan fingerprint density at radius 1 is 0.906 bits per heavy atom. The van der Waals surface area contributed by atoms with Crippen molar-refractivity contribution in [3.8, 4) is 28.7 Å². The molecule has 0 atom stereocenters. The number of hydrogen-bond donors (Lipinski definition) is 1. The molecule has 32 heavy (non-hydrogen) atoms. The van der Waals surface area contributed by atoms with Crippen molar-refractivity contribution in [3.05, 3.63) is 84.8 Å². The van der Waals surface area contributed by atoms with Crippen LogP contribution in [0.5, 0.6) is 17.2 Å². The number of benzene rings is 3. The van der Waals surface area contributed by atoms with Crippen LogP contribution >= 0.6 is 0 Å². The molecule has 7 heteroatoms. The summed E-state index contributed by atoms with van der Waals surface area (Å²) in [6.45, 7) is 2.54. The van der Waals surface area contributed by atoms with Crippen molar-refractivity contribution in [2.45, 2.75) is 19.8 Å². The highest BCUT2D eigenvalue weighted by atomic mass is 16.5. The second-order valence-corrected chi connectivity index (χ2v) is 6.92. The number of aryl methyl sites for hydroxylation is 1. The smallest absolute Gasteiger partial charge is 0.247 e. The summed E-state index contributed by atoms with van der Waals surface area (Å²) in [6.07, 6.45) is 0.543. The van der Waals surface area contributed by atoms with Crippen molar-refractivity contribution in [1.82, 2.24) is 10.2 Å². The van der Waals surface area contributed by atoms with E-state index in [4.69, 9.17) is 13.9 Å². The van der Waals surface area contributed by atoms with Gasteiger partial charge in [0.2, 0.25) is 17.7 Å². The van der Waals surface area contributed by atoms with E-state index in [-0.39, 0.29) is 12.3 Å². The molecular weight excluding hydrogens is 406 g/mol. The third kappa shape index (κ3) is 5.51. The Balaban J connectivity index is 1.35. The molecule has 0 radical (unpaired) electrons. The van der Waals surface area contributed by atoms with Crippen molar-refractivity contribution in [1.29, 1.82) is 0 Å². The lowest BCUT2D eigenvalue weighted by Crippen LogP contribution is -2.13. The summed E-state index contributed by atoms with van der Waals surface area (Å²) >= 11 is 0. The molecule has 0 spiro atoms. The van der Waals surface area contributed by atoms with E-state index in [2.05, 4.69) is 15.5 Å². The Hall–Kier alpha value is -4.13. The van der Waals surface area contributed by atoms with Gasteiger partial charge in [0.25, 0.3) is 0 Å². The number of nitrogens with one attached hydrogen (secondary N) is 1. The maximum absolute atomic E-state index is 12.5. The summed E-state index contributed by atoms with van der Waals surface area (Å²) in [5.74, 6) is 2.65. The summed E-state index contributed by atoms with van der Waals surface area (Å²) in [5, 5.41) is 11.0. The molecule has 0 fully saturated rings. The molecule has 1 heterocycles. The molecule has 162 valence electrons. The topological polar surface area (TPSA) is 86.5 Å². The summed E-state index contributed by atoms with van der Waals surface area (Å²) in [7, 11) is 0. The largest absolute Gasteiger partial charge is 0.494 e. The molecule has 3 aromatic carbocycles. The third-order valence-corrected chi connectivity index (χ3v) is 4.58. The highest BCUT2D eigenvalue weighted by Crippen LogP contribution is 2.30. The van der Waals surface area contributed by atoms with Crippen LogP contribution < -0.4 is 14.8 Å². The molecule has 1 N–H and O–H groups in total. The monoisotopic (exact) mass is 429 g/mol. The number of hydrogen-bond acceptors (Lipinski definition) is 6. The minimum atomic E-state index is -0.174. The van der Waals surface area contributed by atoms with Gasteiger partial charge >= 0.3 is 0 Å². The molecule has 0 aliphatic carbocycles. The van der Waals surface area contributed by atoms with Gasteiger partial charge in [-0.1, -0.05) is 30.3 Å². The predicted molar refractivity (Wildman–Crippen MR) is 121 cm³/mol. The maximum atomic E-state index is 12.5. The van der Waals surface area contributed by atoms with E-state index in [1.54, 1.807) is 12.1 Å². The molecule has 1 aromatic heterocycles. The predicted octanol–water partition coefficient (Wildman–Crippen LogP) is 5.50. The molecule has 0 bridgehead atoms. The van der Waals surface area contributed by atoms with Crippen LogP contribution in [0.1, 0.15) is 19.2 Å². The van der Waals surface area contributed by atoms with Crippen molar-refractivity contribution in [2.24, 2.45) is 0 Å². The molecule has 7 nitrogen and oxygen atoms in total. The zero-order valence-corrected chi connectivity index (χ0v) is 17.7. The fourth-order valence-electron chi connectivity index (χ4n) is 3.04. The molecule has 0 saturated heterocycles. The van der Waals surface area contributed by atoms with Crippen LogP contribution in [-0.2, 0) is 11.2 Å². The van der Waals surface area contributed by atoms with E-state index in [1.165, 1.54) is 0 Å². The normalized spacial score (nSPS) is 10.5. The number of nitrogens with zero attached hydrogens (tertiary/aromatic N) is 2. The summed E-state index contributed by atoms with van der Waals surface area (Å²) in [5.41, 5.74) is 1.43. The Bertz CT molecular complexity index is 1160. The van der Waals surface area contributed by atoms with E-state index < -0.39 is 0 Å². The van der Waals surface area contributed by atoms with E-state index in [1.807, 2.05) is 73.7 Å². The van der Waals surface area contributed by atoms with Crippen molar-refractivity contribution in [3.63, 3.8) is 0 Å². The lowest BCUT2D eigenvalue weighted by Gasteiger charge is -2.12. The Labute approximate surface area is 186 Å². The van der Waals surface area contributed by atoms with Crippen LogP contribution in [0.2, 0.25) is 0 Å². The summed E-state index contributed by atoms with van der Waals surface area (Å²) in [4.78, 5) is 12.5. The average Bonchev–Trinajstić information content (AvgIpc) is 3.30. The Kier molecular flexibility index (Phi) is 6.77. The van der Waals surface area contributed by atoms with Gasteiger partial charge in [0, 0.05) is 18.4 Å². The van der Waals surface area contributed by atoms with Gasteiger partial charge in [-0.2, -0.15) is 0 Å². The van der Waals surface area contributed by atoms with Gasteiger partial charge in [-0.3, -0.25) is 4.79 Å². The number of rotatable bonds is 9. The van der Waals surface area contributed by atoms with E-state index in [0.29, 0.717) is 42.0 Å². The van der Waals surface area contributed by atoms with E-state index >= 15 is 0 Å². The van der Waals surface area contributed by atoms with Crippen LogP contribution in [0.3, 0.4) is 0 Å². The summed E-state index contributed by atoms with van der Waals surface area (Å²) < 4.78 is 17.1. The first-order chi connectivity index (χ1) is 15.7. The maximum Gasteiger partial charge on any atom is 0.247 e. The molecular formula is C25H23N3O4. The Morgan fingerprint density at radius 2 is 1.62 bits per heavy atom. The second-order valence-electron chi connectivity index (χ2n) is 6.92. The van der Waals surface area contributed by atoms with Crippen LogP contribution in [-0.4, -0.2) is 22.7 Å². The minimum absolute atomic E-state index is 0.174. The molecule has 0 unspecified atom stereocenters. The second kappa shape index (κ2) is 10.3. The molecule has 0 saturated carbocycles. The van der Waals surface area contributed by atoms with Crippen LogP contribution in [0, 0.1) is 0 Å². The zero-order chi connectivity index (χ0) is 22.2. The highest BCUT2D eigenvalue weighted by Gasteiger charge is 2.12. The van der Waals surface area contributed by atoms with Crippen LogP contribution in [0.4, 0.5) is 5.69 Å². The van der Waals surface area contributed by atoms with E-state index in [0.717, 1.165) is 11.3 Å². The molecule has 0 aliphatic rings. The minimum Gasteiger partial charge on any atom is -0.494 e. The van der Waals surface area contributed by atoms with Gasteiger partial charge in [0.15, 0.2) is 5.75 Å². The van der Waals surface area contributed by atoms with Gasteiger partial charge in [0.1, 0.15) is 11.5 Å². The van der Waals surface area contributed by atoms with Crippen LogP contribution in [0.15, 0.2) is 83.3 Å². The lowest BCUT2D eigenvalue weighted by atomic mass is 10.2.